The van der Waals surface area contributed by atoms with Crippen LogP contribution < -0.4 is 0 Å². The lowest BCUT2D eigenvalue weighted by molar-refractivity contribution is 0.0509. The smallest absolute Gasteiger partial charge is 0.0830 e. The van der Waals surface area contributed by atoms with Crippen LogP contribution in [0.1, 0.15) is 27.2 Å². The first-order valence-electron chi connectivity index (χ1n) is 4.13. The second kappa shape index (κ2) is 7.03. The van der Waals surface area contributed by atoms with Crippen LogP contribution >= 0.6 is 0 Å². The van der Waals surface area contributed by atoms with Crippen molar-refractivity contribution in [2.75, 3.05) is 19.8 Å². The van der Waals surface area contributed by atoms with E-state index in [0.29, 0.717) is 6.10 Å². The van der Waals surface area contributed by atoms with Crippen LogP contribution in [0.2, 0.25) is 0 Å². The highest BCUT2D eigenvalue weighted by atomic mass is 16.5. The predicted octanol–water partition coefficient (Wildman–Crippen LogP) is 1.84. The van der Waals surface area contributed by atoms with E-state index >= 15 is 0 Å². The molecule has 1 unspecified atom stereocenters. The Balaban J connectivity index is 0.000000371. The van der Waals surface area contributed by atoms with E-state index in [2.05, 4.69) is 0 Å². The van der Waals surface area contributed by atoms with Crippen molar-refractivity contribution in [2.24, 2.45) is 0 Å². The molecule has 0 radical (unpaired) electrons. The zero-order valence-corrected chi connectivity index (χ0v) is 7.22. The Hall–Kier alpha value is -0.0800. The van der Waals surface area contributed by atoms with Crippen molar-refractivity contribution < 1.29 is 9.47 Å². The quantitative estimate of drug-likeness (QED) is 0.591. The van der Waals surface area contributed by atoms with Gasteiger partial charge in [0, 0.05) is 13.2 Å². The highest BCUT2D eigenvalue weighted by Crippen LogP contribution is 2.06. The molecule has 0 aromatic heterocycles. The number of ether oxygens (including phenoxy) is 2. The fourth-order valence-corrected chi connectivity index (χ4v) is 0.880. The highest BCUT2D eigenvalue weighted by molar-refractivity contribution is 4.61. The minimum Gasteiger partial charge on any atom is -0.379 e. The van der Waals surface area contributed by atoms with Gasteiger partial charge in [-0.3, -0.25) is 0 Å². The molecule has 1 fully saturated rings. The van der Waals surface area contributed by atoms with Gasteiger partial charge in [-0.1, -0.05) is 13.8 Å². The van der Waals surface area contributed by atoms with Crippen LogP contribution in [0.5, 0.6) is 0 Å². The normalized spacial score (nSPS) is 23.7. The van der Waals surface area contributed by atoms with E-state index in [9.17, 15) is 0 Å². The molecule has 0 N–H and O–H groups in total. The Morgan fingerprint density at radius 3 is 2.60 bits per heavy atom. The Bertz CT molecular complexity index is 58.3. The van der Waals surface area contributed by atoms with Crippen LogP contribution in [0.4, 0.5) is 0 Å². The van der Waals surface area contributed by atoms with Gasteiger partial charge in [-0.2, -0.15) is 0 Å². The van der Waals surface area contributed by atoms with Gasteiger partial charge in [-0.05, 0) is 13.3 Å². The summed E-state index contributed by atoms with van der Waals surface area (Å²) in [6, 6.07) is 0. The van der Waals surface area contributed by atoms with Crippen LogP contribution in [0.3, 0.4) is 0 Å². The molecule has 1 atom stereocenters. The maximum Gasteiger partial charge on any atom is 0.0830 e. The average molecular weight is 146 g/mol. The van der Waals surface area contributed by atoms with E-state index in [1.807, 2.05) is 20.8 Å². The van der Waals surface area contributed by atoms with Gasteiger partial charge < -0.3 is 9.47 Å². The van der Waals surface area contributed by atoms with Gasteiger partial charge >= 0.3 is 0 Å². The van der Waals surface area contributed by atoms with E-state index in [4.69, 9.17) is 9.47 Å². The molecule has 0 saturated carbocycles. The molecular formula is C8H18O2. The van der Waals surface area contributed by atoms with Crippen molar-refractivity contribution in [2.45, 2.75) is 33.3 Å². The lowest BCUT2D eigenvalue weighted by Gasteiger charge is -2.04. The number of hydrogen-bond acceptors (Lipinski definition) is 2. The highest BCUT2D eigenvalue weighted by Gasteiger charge is 2.14. The van der Waals surface area contributed by atoms with Crippen molar-refractivity contribution in [3.63, 3.8) is 0 Å². The van der Waals surface area contributed by atoms with Crippen molar-refractivity contribution in [3.8, 4) is 0 Å². The number of rotatable bonds is 2. The monoisotopic (exact) mass is 146 g/mol. The van der Waals surface area contributed by atoms with Gasteiger partial charge in [-0.15, -0.1) is 0 Å². The van der Waals surface area contributed by atoms with Gasteiger partial charge in [0.2, 0.25) is 0 Å². The Morgan fingerprint density at radius 1 is 1.50 bits per heavy atom. The Labute approximate surface area is 63.5 Å². The zero-order chi connectivity index (χ0) is 7.82. The van der Waals surface area contributed by atoms with Gasteiger partial charge in [0.25, 0.3) is 0 Å². The molecule has 1 heterocycles. The lowest BCUT2D eigenvalue weighted by Crippen LogP contribution is -2.11. The minimum absolute atomic E-state index is 0.389. The summed E-state index contributed by atoms with van der Waals surface area (Å²) in [4.78, 5) is 0. The average Bonchev–Trinajstić information content (AvgIpc) is 2.46. The SMILES string of the molecule is CC.CCOC1CCOC1. The third-order valence-electron chi connectivity index (χ3n) is 1.29. The molecule has 0 aromatic carbocycles. The molecular weight excluding hydrogens is 128 g/mol. The zero-order valence-electron chi connectivity index (χ0n) is 7.22. The van der Waals surface area contributed by atoms with Gasteiger partial charge in [0.15, 0.2) is 0 Å². The van der Waals surface area contributed by atoms with Gasteiger partial charge in [0.05, 0.1) is 12.7 Å². The summed E-state index contributed by atoms with van der Waals surface area (Å²) in [6.45, 7) is 8.50. The molecule has 0 amide bonds. The van der Waals surface area contributed by atoms with Crippen molar-refractivity contribution in [1.82, 2.24) is 0 Å². The van der Waals surface area contributed by atoms with E-state index < -0.39 is 0 Å². The first-order chi connectivity index (χ1) is 4.93. The summed E-state index contributed by atoms with van der Waals surface area (Å²) in [5.41, 5.74) is 0. The first-order valence-corrected chi connectivity index (χ1v) is 4.13. The van der Waals surface area contributed by atoms with Crippen LogP contribution in [0.15, 0.2) is 0 Å². The molecule has 0 bridgehead atoms. The van der Waals surface area contributed by atoms with Crippen molar-refractivity contribution in [1.29, 1.82) is 0 Å². The minimum atomic E-state index is 0.389. The summed E-state index contributed by atoms with van der Waals surface area (Å²) in [5.74, 6) is 0. The van der Waals surface area contributed by atoms with E-state index in [-0.39, 0.29) is 0 Å². The lowest BCUT2D eigenvalue weighted by atomic mass is 10.3. The Kier molecular flexibility index (Phi) is 6.98. The van der Waals surface area contributed by atoms with Crippen molar-refractivity contribution >= 4 is 0 Å². The molecule has 0 spiro atoms. The largest absolute Gasteiger partial charge is 0.379 e. The molecule has 2 nitrogen and oxygen atoms in total. The van der Waals surface area contributed by atoms with Crippen LogP contribution in [-0.4, -0.2) is 25.9 Å². The van der Waals surface area contributed by atoms with Gasteiger partial charge in [-0.25, -0.2) is 0 Å². The maximum atomic E-state index is 5.28. The summed E-state index contributed by atoms with van der Waals surface area (Å²) >= 11 is 0. The van der Waals surface area contributed by atoms with Crippen LogP contribution in [-0.2, 0) is 9.47 Å². The van der Waals surface area contributed by atoms with Crippen LogP contribution in [0.25, 0.3) is 0 Å². The van der Waals surface area contributed by atoms with Crippen LogP contribution in [0, 0.1) is 0 Å². The third-order valence-corrected chi connectivity index (χ3v) is 1.29. The number of hydrogen-bond donors (Lipinski definition) is 0. The summed E-state index contributed by atoms with van der Waals surface area (Å²) in [6.07, 6.45) is 1.47. The first kappa shape index (κ1) is 9.92. The summed E-state index contributed by atoms with van der Waals surface area (Å²) in [7, 11) is 0. The fourth-order valence-electron chi connectivity index (χ4n) is 0.880. The van der Waals surface area contributed by atoms with Gasteiger partial charge in [0.1, 0.15) is 0 Å². The molecule has 1 aliphatic heterocycles. The second-order valence-electron chi connectivity index (χ2n) is 1.94. The molecule has 0 aromatic rings. The Morgan fingerprint density at radius 2 is 2.20 bits per heavy atom. The molecule has 1 rings (SSSR count). The topological polar surface area (TPSA) is 18.5 Å². The fraction of sp³-hybridized carbons (Fsp3) is 1.00. The predicted molar refractivity (Wildman–Crippen MR) is 42.2 cm³/mol. The van der Waals surface area contributed by atoms with E-state index in [1.165, 1.54) is 0 Å². The molecule has 10 heavy (non-hydrogen) atoms. The van der Waals surface area contributed by atoms with E-state index in [1.54, 1.807) is 0 Å². The van der Waals surface area contributed by atoms with Crippen molar-refractivity contribution in [3.05, 3.63) is 0 Å². The molecule has 2 heteroatoms. The summed E-state index contributed by atoms with van der Waals surface area (Å²) in [5, 5.41) is 0. The summed E-state index contributed by atoms with van der Waals surface area (Å²) < 4.78 is 10.4. The van der Waals surface area contributed by atoms with E-state index in [0.717, 1.165) is 26.2 Å². The maximum absolute atomic E-state index is 5.28. The standard InChI is InChI=1S/C6H12O2.C2H6/c1-2-8-6-3-4-7-5-6;1-2/h6H,2-5H2,1H3;1-2H3. The third kappa shape index (κ3) is 3.85. The molecule has 1 saturated heterocycles. The second-order valence-corrected chi connectivity index (χ2v) is 1.94. The molecule has 1 aliphatic rings. The molecule has 0 aliphatic carbocycles. The molecule has 62 valence electrons.